The van der Waals surface area contributed by atoms with Gasteiger partial charge in [0.05, 0.1) is 6.04 Å². The fourth-order valence-corrected chi connectivity index (χ4v) is 2.20. The molecule has 0 aliphatic heterocycles. The number of benzene rings is 1. The van der Waals surface area contributed by atoms with E-state index in [4.69, 9.17) is 4.74 Å². The average molecular weight is 267 g/mol. The maximum atomic E-state index is 13.3. The third kappa shape index (κ3) is 3.92. The molecule has 1 fully saturated rings. The fraction of sp³-hybridized carbons (Fsp3) is 0.500. The maximum Gasteiger partial charge on any atom is 0.407 e. The number of hydrogen-bond donors (Lipinski definition) is 2. The highest BCUT2D eigenvalue weighted by atomic mass is 19.1. The molecule has 104 valence electrons. The Bertz CT molecular complexity index is 412. The summed E-state index contributed by atoms with van der Waals surface area (Å²) in [6.45, 7) is 0.161. The molecule has 1 amide bonds. The normalized spacial score (nSPS) is 26.7. The van der Waals surface area contributed by atoms with Crippen molar-refractivity contribution in [1.29, 1.82) is 0 Å². The van der Waals surface area contributed by atoms with E-state index in [0.717, 1.165) is 5.56 Å². The fourth-order valence-electron chi connectivity index (χ4n) is 2.20. The number of aliphatic hydroxyl groups excluding tert-OH is 1. The highest BCUT2D eigenvalue weighted by molar-refractivity contribution is 5.67. The van der Waals surface area contributed by atoms with Crippen LogP contribution in [0.2, 0.25) is 0 Å². The standard InChI is InChI=1S/C14H18FNO3/c15-11-7-4-8-12(13(11)17)16-14(18)19-9-10-5-2-1-3-6-10/h1-3,5-6,11-13,17H,4,7-9H2,(H,16,18)/t11-,12?,13+/m0/s1. The van der Waals surface area contributed by atoms with Gasteiger partial charge in [0, 0.05) is 0 Å². The van der Waals surface area contributed by atoms with Gasteiger partial charge in [0.25, 0.3) is 0 Å². The largest absolute Gasteiger partial charge is 0.445 e. The van der Waals surface area contributed by atoms with E-state index in [2.05, 4.69) is 5.32 Å². The molecule has 1 unspecified atom stereocenters. The smallest absolute Gasteiger partial charge is 0.407 e. The molecule has 0 bridgehead atoms. The van der Waals surface area contributed by atoms with Crippen LogP contribution in [0.15, 0.2) is 30.3 Å². The molecule has 1 aliphatic rings. The lowest BCUT2D eigenvalue weighted by Gasteiger charge is -2.30. The summed E-state index contributed by atoms with van der Waals surface area (Å²) in [5.41, 5.74) is 0.880. The summed E-state index contributed by atoms with van der Waals surface area (Å²) < 4.78 is 18.3. The second-order valence-corrected chi connectivity index (χ2v) is 4.75. The number of aliphatic hydroxyl groups is 1. The summed E-state index contributed by atoms with van der Waals surface area (Å²) in [6.07, 6.45) is -1.46. The minimum atomic E-state index is -1.27. The highest BCUT2D eigenvalue weighted by Gasteiger charge is 2.32. The minimum Gasteiger partial charge on any atom is -0.445 e. The van der Waals surface area contributed by atoms with E-state index in [-0.39, 0.29) is 6.61 Å². The molecule has 1 aliphatic carbocycles. The summed E-state index contributed by atoms with van der Waals surface area (Å²) in [6, 6.07) is 8.72. The Morgan fingerprint density at radius 3 is 2.84 bits per heavy atom. The molecule has 19 heavy (non-hydrogen) atoms. The first-order valence-electron chi connectivity index (χ1n) is 6.46. The first kappa shape index (κ1) is 13.8. The third-order valence-electron chi connectivity index (χ3n) is 3.29. The molecular formula is C14H18FNO3. The van der Waals surface area contributed by atoms with Gasteiger partial charge in [0.15, 0.2) is 0 Å². The van der Waals surface area contributed by atoms with Crippen LogP contribution in [0.25, 0.3) is 0 Å². The molecule has 0 radical (unpaired) electrons. The SMILES string of the molecule is O=C(NC1CCC[C@H](F)[C@H]1O)OCc1ccccc1. The van der Waals surface area contributed by atoms with Crippen molar-refractivity contribution in [2.45, 2.75) is 44.2 Å². The van der Waals surface area contributed by atoms with Crippen LogP contribution in [0, 0.1) is 0 Å². The van der Waals surface area contributed by atoms with Gasteiger partial charge in [0.1, 0.15) is 18.9 Å². The maximum absolute atomic E-state index is 13.3. The summed E-state index contributed by atoms with van der Waals surface area (Å²) in [4.78, 5) is 11.6. The third-order valence-corrected chi connectivity index (χ3v) is 3.29. The molecule has 5 heteroatoms. The Balaban J connectivity index is 1.78. The van der Waals surface area contributed by atoms with E-state index in [1.807, 2.05) is 30.3 Å². The number of rotatable bonds is 3. The Kier molecular flexibility index (Phi) is 4.74. The summed E-state index contributed by atoms with van der Waals surface area (Å²) in [5.74, 6) is 0. The van der Waals surface area contributed by atoms with Crippen LogP contribution in [0.3, 0.4) is 0 Å². The first-order valence-corrected chi connectivity index (χ1v) is 6.46. The summed E-state index contributed by atoms with van der Waals surface area (Å²) in [5, 5.41) is 12.1. The lowest BCUT2D eigenvalue weighted by Crippen LogP contribution is -2.49. The highest BCUT2D eigenvalue weighted by Crippen LogP contribution is 2.21. The monoisotopic (exact) mass is 267 g/mol. The van der Waals surface area contributed by atoms with Gasteiger partial charge < -0.3 is 15.2 Å². The van der Waals surface area contributed by atoms with Crippen molar-refractivity contribution in [2.24, 2.45) is 0 Å². The zero-order valence-electron chi connectivity index (χ0n) is 10.6. The number of alkyl halides is 1. The summed E-state index contributed by atoms with van der Waals surface area (Å²) in [7, 11) is 0. The van der Waals surface area contributed by atoms with Gasteiger partial charge in [-0.25, -0.2) is 9.18 Å². The Morgan fingerprint density at radius 1 is 1.37 bits per heavy atom. The van der Waals surface area contributed by atoms with Crippen molar-refractivity contribution in [2.75, 3.05) is 0 Å². The van der Waals surface area contributed by atoms with E-state index in [0.29, 0.717) is 19.3 Å². The lowest BCUT2D eigenvalue weighted by molar-refractivity contribution is 0.0150. The van der Waals surface area contributed by atoms with E-state index in [1.54, 1.807) is 0 Å². The number of hydrogen-bond acceptors (Lipinski definition) is 3. The Morgan fingerprint density at radius 2 is 2.11 bits per heavy atom. The van der Waals surface area contributed by atoms with E-state index >= 15 is 0 Å². The number of halogens is 1. The van der Waals surface area contributed by atoms with Gasteiger partial charge in [-0.15, -0.1) is 0 Å². The molecule has 0 saturated heterocycles. The molecular weight excluding hydrogens is 249 g/mol. The second-order valence-electron chi connectivity index (χ2n) is 4.75. The van der Waals surface area contributed by atoms with Crippen LogP contribution in [0.4, 0.5) is 9.18 Å². The predicted octanol–water partition coefficient (Wildman–Crippen LogP) is 2.16. The van der Waals surface area contributed by atoms with E-state index in [9.17, 15) is 14.3 Å². The molecule has 1 aromatic carbocycles. The number of amides is 1. The Labute approximate surface area is 111 Å². The number of carbonyl (C=O) groups excluding carboxylic acids is 1. The van der Waals surface area contributed by atoms with Crippen molar-refractivity contribution in [3.05, 3.63) is 35.9 Å². The Hall–Kier alpha value is -1.62. The topological polar surface area (TPSA) is 58.6 Å². The van der Waals surface area contributed by atoms with Crippen LogP contribution in [0.1, 0.15) is 24.8 Å². The van der Waals surface area contributed by atoms with Gasteiger partial charge in [0.2, 0.25) is 0 Å². The number of alkyl carbamates (subject to hydrolysis) is 1. The van der Waals surface area contributed by atoms with Gasteiger partial charge in [-0.05, 0) is 24.8 Å². The lowest BCUT2D eigenvalue weighted by atomic mass is 9.91. The van der Waals surface area contributed by atoms with E-state index in [1.165, 1.54) is 0 Å². The van der Waals surface area contributed by atoms with Crippen LogP contribution in [-0.4, -0.2) is 29.5 Å². The molecule has 0 heterocycles. The number of nitrogens with one attached hydrogen (secondary N) is 1. The number of carbonyl (C=O) groups is 1. The second kappa shape index (κ2) is 6.52. The van der Waals surface area contributed by atoms with Crippen molar-refractivity contribution in [1.82, 2.24) is 5.32 Å². The molecule has 0 aromatic heterocycles. The van der Waals surface area contributed by atoms with Gasteiger partial charge in [-0.1, -0.05) is 30.3 Å². The molecule has 1 aromatic rings. The molecule has 3 atom stereocenters. The first-order chi connectivity index (χ1) is 9.16. The predicted molar refractivity (Wildman–Crippen MR) is 68.3 cm³/mol. The van der Waals surface area contributed by atoms with Crippen molar-refractivity contribution in [3.63, 3.8) is 0 Å². The van der Waals surface area contributed by atoms with Crippen LogP contribution in [-0.2, 0) is 11.3 Å². The summed E-state index contributed by atoms with van der Waals surface area (Å²) >= 11 is 0. The minimum absolute atomic E-state index is 0.161. The quantitative estimate of drug-likeness (QED) is 0.882. The number of ether oxygens (including phenoxy) is 1. The molecule has 2 rings (SSSR count). The van der Waals surface area contributed by atoms with Crippen LogP contribution < -0.4 is 5.32 Å². The van der Waals surface area contributed by atoms with Crippen molar-refractivity contribution >= 4 is 6.09 Å². The van der Waals surface area contributed by atoms with Crippen molar-refractivity contribution in [3.8, 4) is 0 Å². The zero-order valence-corrected chi connectivity index (χ0v) is 10.6. The molecule has 4 nitrogen and oxygen atoms in total. The zero-order chi connectivity index (χ0) is 13.7. The van der Waals surface area contributed by atoms with Gasteiger partial charge in [-0.3, -0.25) is 0 Å². The average Bonchev–Trinajstić information content (AvgIpc) is 2.43. The van der Waals surface area contributed by atoms with Gasteiger partial charge >= 0.3 is 6.09 Å². The molecule has 0 spiro atoms. The van der Waals surface area contributed by atoms with Crippen LogP contribution >= 0.6 is 0 Å². The molecule has 2 N–H and O–H groups in total. The van der Waals surface area contributed by atoms with Gasteiger partial charge in [-0.2, -0.15) is 0 Å². The van der Waals surface area contributed by atoms with Crippen molar-refractivity contribution < 1.29 is 19.0 Å². The molecule has 1 saturated carbocycles. The van der Waals surface area contributed by atoms with E-state index < -0.39 is 24.4 Å². The van der Waals surface area contributed by atoms with Crippen LogP contribution in [0.5, 0.6) is 0 Å².